The predicted octanol–water partition coefficient (Wildman–Crippen LogP) is 4.22. The van der Waals surface area contributed by atoms with Crippen molar-refractivity contribution >= 4 is 23.4 Å². The molecule has 3 rings (SSSR count). The minimum Gasteiger partial charge on any atom is -0.493 e. The molecule has 0 unspecified atom stereocenters. The van der Waals surface area contributed by atoms with Crippen LogP contribution in [0.15, 0.2) is 66.7 Å². The van der Waals surface area contributed by atoms with Gasteiger partial charge in [0.1, 0.15) is 6.61 Å². The maximum absolute atomic E-state index is 12.6. The molecule has 0 aliphatic carbocycles. The van der Waals surface area contributed by atoms with Gasteiger partial charge in [-0.3, -0.25) is 9.59 Å². The van der Waals surface area contributed by atoms with E-state index in [0.717, 1.165) is 11.1 Å². The monoisotopic (exact) mass is 438 g/mol. The van der Waals surface area contributed by atoms with Crippen LogP contribution in [0.3, 0.4) is 0 Å². The van der Waals surface area contributed by atoms with E-state index in [0.29, 0.717) is 40.8 Å². The lowest BCUT2D eigenvalue weighted by Gasteiger charge is -2.13. The Labute approximate surface area is 186 Å². The van der Waals surface area contributed by atoms with Gasteiger partial charge in [-0.2, -0.15) is 0 Å². The molecule has 31 heavy (non-hydrogen) atoms. The number of ether oxygens (including phenoxy) is 2. The Morgan fingerprint density at radius 2 is 1.61 bits per heavy atom. The molecule has 160 valence electrons. The molecule has 3 aromatic carbocycles. The average Bonchev–Trinajstić information content (AvgIpc) is 2.81. The van der Waals surface area contributed by atoms with E-state index in [1.54, 1.807) is 55.6 Å². The van der Waals surface area contributed by atoms with Gasteiger partial charge < -0.3 is 20.1 Å². The molecule has 2 amide bonds. The van der Waals surface area contributed by atoms with E-state index in [4.69, 9.17) is 21.1 Å². The molecule has 7 heteroatoms. The molecule has 0 saturated carbocycles. The van der Waals surface area contributed by atoms with Gasteiger partial charge in [-0.1, -0.05) is 35.9 Å². The molecule has 0 spiro atoms. The van der Waals surface area contributed by atoms with Crippen LogP contribution in [0.4, 0.5) is 0 Å². The highest BCUT2D eigenvalue weighted by Crippen LogP contribution is 2.29. The maximum Gasteiger partial charge on any atom is 0.251 e. The van der Waals surface area contributed by atoms with Crippen LogP contribution in [0.1, 0.15) is 31.8 Å². The quantitative estimate of drug-likeness (QED) is 0.552. The normalized spacial score (nSPS) is 10.3. The van der Waals surface area contributed by atoms with E-state index in [2.05, 4.69) is 10.6 Å². The van der Waals surface area contributed by atoms with Crippen LogP contribution >= 0.6 is 11.6 Å². The average molecular weight is 439 g/mol. The van der Waals surface area contributed by atoms with Crippen molar-refractivity contribution in [3.8, 4) is 11.5 Å². The number of nitrogens with one attached hydrogen (secondary N) is 2. The van der Waals surface area contributed by atoms with E-state index < -0.39 is 0 Å². The SMILES string of the molecule is CNC(=O)c1cccc(CNC(=O)c2ccc(OCc3ccc(Cl)cc3)c(OC)c2)c1. The van der Waals surface area contributed by atoms with Crippen LogP contribution in [-0.4, -0.2) is 26.0 Å². The highest BCUT2D eigenvalue weighted by atomic mass is 35.5. The van der Waals surface area contributed by atoms with Gasteiger partial charge in [-0.15, -0.1) is 0 Å². The molecule has 0 radical (unpaired) electrons. The molecule has 0 heterocycles. The third-order valence-electron chi connectivity index (χ3n) is 4.60. The summed E-state index contributed by atoms with van der Waals surface area (Å²) < 4.78 is 11.2. The fraction of sp³-hybridized carbons (Fsp3) is 0.167. The third kappa shape index (κ3) is 5.99. The van der Waals surface area contributed by atoms with Gasteiger partial charge in [0.05, 0.1) is 7.11 Å². The van der Waals surface area contributed by atoms with Gasteiger partial charge in [0.25, 0.3) is 11.8 Å². The van der Waals surface area contributed by atoms with Crippen LogP contribution in [-0.2, 0) is 13.2 Å². The van der Waals surface area contributed by atoms with Crippen LogP contribution in [0.25, 0.3) is 0 Å². The lowest BCUT2D eigenvalue weighted by atomic mass is 10.1. The Kier molecular flexibility index (Phi) is 7.51. The summed E-state index contributed by atoms with van der Waals surface area (Å²) in [6.07, 6.45) is 0. The zero-order valence-corrected chi connectivity index (χ0v) is 18.0. The largest absolute Gasteiger partial charge is 0.493 e. The minimum atomic E-state index is -0.257. The smallest absolute Gasteiger partial charge is 0.251 e. The standard InChI is InChI=1S/C24H23ClN2O4/c1-26-23(28)18-5-3-4-17(12-18)14-27-24(29)19-8-11-21(22(13-19)30-2)31-15-16-6-9-20(25)10-7-16/h3-13H,14-15H2,1-2H3,(H,26,28)(H,27,29). The number of benzene rings is 3. The summed E-state index contributed by atoms with van der Waals surface area (Å²) >= 11 is 5.90. The summed E-state index contributed by atoms with van der Waals surface area (Å²) in [7, 11) is 3.10. The molecule has 0 aliphatic heterocycles. The van der Waals surface area contributed by atoms with Gasteiger partial charge in [0.15, 0.2) is 11.5 Å². The second-order valence-electron chi connectivity index (χ2n) is 6.74. The molecule has 6 nitrogen and oxygen atoms in total. The van der Waals surface area contributed by atoms with Gasteiger partial charge in [-0.25, -0.2) is 0 Å². The lowest BCUT2D eigenvalue weighted by Crippen LogP contribution is -2.23. The highest BCUT2D eigenvalue weighted by Gasteiger charge is 2.12. The molecule has 0 aliphatic rings. The summed E-state index contributed by atoms with van der Waals surface area (Å²) in [6, 6.07) is 19.5. The Bertz CT molecular complexity index is 1070. The number of hydrogen-bond donors (Lipinski definition) is 2. The second kappa shape index (κ2) is 10.5. The van der Waals surface area contributed by atoms with Gasteiger partial charge in [0.2, 0.25) is 0 Å². The van der Waals surface area contributed by atoms with Gasteiger partial charge >= 0.3 is 0 Å². The first-order valence-electron chi connectivity index (χ1n) is 9.64. The molecule has 0 fully saturated rings. The topological polar surface area (TPSA) is 76.7 Å². The first kappa shape index (κ1) is 22.2. The third-order valence-corrected chi connectivity index (χ3v) is 4.85. The first-order valence-corrected chi connectivity index (χ1v) is 10.0. The van der Waals surface area contributed by atoms with Crippen molar-refractivity contribution in [2.45, 2.75) is 13.2 Å². The first-order chi connectivity index (χ1) is 15.0. The molecular weight excluding hydrogens is 416 g/mol. The van der Waals surface area contributed by atoms with Crippen molar-refractivity contribution in [2.24, 2.45) is 0 Å². The van der Waals surface area contributed by atoms with Gasteiger partial charge in [0, 0.05) is 29.7 Å². The van der Waals surface area contributed by atoms with Crippen molar-refractivity contribution in [1.82, 2.24) is 10.6 Å². The Morgan fingerprint density at radius 1 is 0.871 bits per heavy atom. The molecule has 2 N–H and O–H groups in total. The zero-order chi connectivity index (χ0) is 22.2. The number of carbonyl (C=O) groups excluding carboxylic acids is 2. The van der Waals surface area contributed by atoms with Crippen molar-refractivity contribution in [1.29, 1.82) is 0 Å². The van der Waals surface area contributed by atoms with Crippen LogP contribution in [0, 0.1) is 0 Å². The van der Waals surface area contributed by atoms with Crippen molar-refractivity contribution in [2.75, 3.05) is 14.2 Å². The summed E-state index contributed by atoms with van der Waals surface area (Å²) in [5.41, 5.74) is 2.77. The summed E-state index contributed by atoms with van der Waals surface area (Å²) in [4.78, 5) is 24.3. The Balaban J connectivity index is 1.63. The number of halogens is 1. The van der Waals surface area contributed by atoms with E-state index in [-0.39, 0.29) is 11.8 Å². The second-order valence-corrected chi connectivity index (χ2v) is 7.18. The van der Waals surface area contributed by atoms with Crippen LogP contribution in [0.2, 0.25) is 5.02 Å². The maximum atomic E-state index is 12.6. The molecule has 0 saturated heterocycles. The molecule has 0 atom stereocenters. The van der Waals surface area contributed by atoms with Crippen LogP contribution in [0.5, 0.6) is 11.5 Å². The summed E-state index contributed by atoms with van der Waals surface area (Å²) in [6.45, 7) is 0.640. The minimum absolute atomic E-state index is 0.174. The zero-order valence-electron chi connectivity index (χ0n) is 17.3. The van der Waals surface area contributed by atoms with E-state index in [1.807, 2.05) is 18.2 Å². The predicted molar refractivity (Wildman–Crippen MR) is 120 cm³/mol. The summed E-state index contributed by atoms with van der Waals surface area (Å²) in [5, 5.41) is 6.10. The lowest BCUT2D eigenvalue weighted by molar-refractivity contribution is 0.0948. The van der Waals surface area contributed by atoms with Gasteiger partial charge in [-0.05, 0) is 53.6 Å². The number of amides is 2. The van der Waals surface area contributed by atoms with Crippen molar-refractivity contribution in [3.63, 3.8) is 0 Å². The molecule has 0 aromatic heterocycles. The number of rotatable bonds is 8. The fourth-order valence-electron chi connectivity index (χ4n) is 2.92. The summed E-state index contributed by atoms with van der Waals surface area (Å²) in [5.74, 6) is 0.565. The Hall–Kier alpha value is -3.51. The highest BCUT2D eigenvalue weighted by molar-refractivity contribution is 6.30. The fourth-order valence-corrected chi connectivity index (χ4v) is 3.05. The number of hydrogen-bond acceptors (Lipinski definition) is 4. The molecular formula is C24H23ClN2O4. The number of methoxy groups -OCH3 is 1. The Morgan fingerprint density at radius 3 is 2.32 bits per heavy atom. The number of carbonyl (C=O) groups is 2. The van der Waals surface area contributed by atoms with Crippen molar-refractivity contribution in [3.05, 3.63) is 94.0 Å². The molecule has 3 aromatic rings. The van der Waals surface area contributed by atoms with E-state index in [9.17, 15) is 9.59 Å². The van der Waals surface area contributed by atoms with Crippen molar-refractivity contribution < 1.29 is 19.1 Å². The van der Waals surface area contributed by atoms with Crippen LogP contribution < -0.4 is 20.1 Å². The molecule has 0 bridgehead atoms. The van der Waals surface area contributed by atoms with E-state index >= 15 is 0 Å². The van der Waals surface area contributed by atoms with E-state index in [1.165, 1.54) is 7.11 Å².